The van der Waals surface area contributed by atoms with Crippen LogP contribution in [0.5, 0.6) is 0 Å². The SMILES string of the molecule is CC[C@H](Cn1nc(-c2ccc(F)c(F)c2)ccc1=O)NC(=O)C[C@H]1NC(=O)c2ccccc21. The van der Waals surface area contributed by atoms with E-state index in [2.05, 4.69) is 15.7 Å². The first-order valence-electron chi connectivity index (χ1n) is 10.6. The first-order valence-corrected chi connectivity index (χ1v) is 10.6. The molecule has 7 nitrogen and oxygen atoms in total. The number of hydrogen-bond acceptors (Lipinski definition) is 4. The zero-order valence-electron chi connectivity index (χ0n) is 17.8. The Morgan fingerprint density at radius 2 is 1.91 bits per heavy atom. The summed E-state index contributed by atoms with van der Waals surface area (Å²) in [5.41, 5.74) is 1.59. The summed E-state index contributed by atoms with van der Waals surface area (Å²) in [5.74, 6) is -2.46. The minimum atomic E-state index is -1.01. The van der Waals surface area contributed by atoms with Crippen molar-refractivity contribution in [3.8, 4) is 11.3 Å². The number of amides is 2. The largest absolute Gasteiger partial charge is 0.351 e. The third kappa shape index (κ3) is 4.82. The maximum absolute atomic E-state index is 13.6. The highest BCUT2D eigenvalue weighted by Crippen LogP contribution is 2.27. The van der Waals surface area contributed by atoms with E-state index in [0.29, 0.717) is 23.2 Å². The second kappa shape index (κ2) is 9.32. The molecular weight excluding hydrogens is 430 g/mol. The number of benzene rings is 2. The molecule has 0 radical (unpaired) electrons. The topological polar surface area (TPSA) is 93.1 Å². The zero-order valence-corrected chi connectivity index (χ0v) is 17.8. The van der Waals surface area contributed by atoms with Gasteiger partial charge in [0.2, 0.25) is 5.91 Å². The van der Waals surface area contributed by atoms with Gasteiger partial charge in [-0.1, -0.05) is 25.1 Å². The summed E-state index contributed by atoms with van der Waals surface area (Å²) in [7, 11) is 0. The van der Waals surface area contributed by atoms with Crippen molar-refractivity contribution in [2.45, 2.75) is 38.4 Å². The predicted molar refractivity (Wildman–Crippen MR) is 117 cm³/mol. The van der Waals surface area contributed by atoms with Gasteiger partial charge in [-0.3, -0.25) is 14.4 Å². The quantitative estimate of drug-likeness (QED) is 0.577. The Bertz CT molecular complexity index is 1270. The smallest absolute Gasteiger partial charge is 0.266 e. The van der Waals surface area contributed by atoms with E-state index in [4.69, 9.17) is 0 Å². The number of aromatic nitrogens is 2. The maximum atomic E-state index is 13.6. The van der Waals surface area contributed by atoms with Crippen LogP contribution >= 0.6 is 0 Å². The molecule has 0 saturated carbocycles. The summed E-state index contributed by atoms with van der Waals surface area (Å²) in [6.07, 6.45) is 0.597. The summed E-state index contributed by atoms with van der Waals surface area (Å²) >= 11 is 0. The lowest BCUT2D eigenvalue weighted by atomic mass is 10.0. The highest BCUT2D eigenvalue weighted by Gasteiger charge is 2.30. The Hall–Kier alpha value is -3.88. The van der Waals surface area contributed by atoms with Crippen molar-refractivity contribution in [3.63, 3.8) is 0 Å². The monoisotopic (exact) mass is 452 g/mol. The van der Waals surface area contributed by atoms with Gasteiger partial charge in [0.15, 0.2) is 11.6 Å². The lowest BCUT2D eigenvalue weighted by Gasteiger charge is -2.19. The van der Waals surface area contributed by atoms with Crippen molar-refractivity contribution in [1.29, 1.82) is 0 Å². The van der Waals surface area contributed by atoms with Crippen LogP contribution in [0.25, 0.3) is 11.3 Å². The van der Waals surface area contributed by atoms with Crippen molar-refractivity contribution in [1.82, 2.24) is 20.4 Å². The van der Waals surface area contributed by atoms with Gasteiger partial charge in [-0.2, -0.15) is 5.10 Å². The molecule has 0 aliphatic carbocycles. The van der Waals surface area contributed by atoms with E-state index in [0.717, 1.165) is 17.7 Å². The van der Waals surface area contributed by atoms with E-state index in [-0.39, 0.29) is 30.3 Å². The average Bonchev–Trinajstić information content (AvgIpc) is 3.12. The summed E-state index contributed by atoms with van der Waals surface area (Å²) in [4.78, 5) is 37.1. The standard InChI is InChI=1S/C24H22F2N4O3/c1-2-15(27-22(31)12-21-16-5-3-4-6-17(16)24(33)28-21)13-30-23(32)10-9-20(29-30)14-7-8-18(25)19(26)11-14/h3-11,15,21H,2,12-13H2,1H3,(H,27,31)(H,28,33)/t15-,21-/m1/s1. The van der Waals surface area contributed by atoms with Crippen molar-refractivity contribution in [2.75, 3.05) is 0 Å². The van der Waals surface area contributed by atoms with Gasteiger partial charge in [0, 0.05) is 23.2 Å². The van der Waals surface area contributed by atoms with Gasteiger partial charge in [0.25, 0.3) is 11.5 Å². The van der Waals surface area contributed by atoms with Crippen LogP contribution in [0.1, 0.15) is 41.7 Å². The van der Waals surface area contributed by atoms with E-state index in [1.54, 1.807) is 12.1 Å². The molecular formula is C24H22F2N4O3. The molecule has 2 heterocycles. The molecule has 0 unspecified atom stereocenters. The van der Waals surface area contributed by atoms with Crippen LogP contribution in [0, 0.1) is 11.6 Å². The Morgan fingerprint density at radius 3 is 2.67 bits per heavy atom. The third-order valence-corrected chi connectivity index (χ3v) is 5.61. The lowest BCUT2D eigenvalue weighted by Crippen LogP contribution is -2.41. The van der Waals surface area contributed by atoms with Crippen LogP contribution in [0.2, 0.25) is 0 Å². The van der Waals surface area contributed by atoms with Gasteiger partial charge in [-0.05, 0) is 42.3 Å². The highest BCUT2D eigenvalue weighted by molar-refractivity contribution is 5.99. The van der Waals surface area contributed by atoms with E-state index in [9.17, 15) is 23.2 Å². The van der Waals surface area contributed by atoms with E-state index in [1.807, 2.05) is 19.1 Å². The normalized spacial score (nSPS) is 15.6. The fraction of sp³-hybridized carbons (Fsp3) is 0.250. The molecule has 1 aliphatic heterocycles. The number of halogens is 2. The molecule has 3 aromatic rings. The van der Waals surface area contributed by atoms with Crippen LogP contribution in [-0.4, -0.2) is 27.6 Å². The van der Waals surface area contributed by atoms with Crippen molar-refractivity contribution in [2.24, 2.45) is 0 Å². The van der Waals surface area contributed by atoms with Crippen LogP contribution in [0.15, 0.2) is 59.4 Å². The van der Waals surface area contributed by atoms with Gasteiger partial charge < -0.3 is 10.6 Å². The Balaban J connectivity index is 1.46. The summed E-state index contributed by atoms with van der Waals surface area (Å²) < 4.78 is 28.0. The van der Waals surface area contributed by atoms with E-state index in [1.165, 1.54) is 22.9 Å². The summed E-state index contributed by atoms with van der Waals surface area (Å²) in [6, 6.07) is 12.4. The van der Waals surface area contributed by atoms with Gasteiger partial charge >= 0.3 is 0 Å². The molecule has 2 N–H and O–H groups in total. The zero-order chi connectivity index (χ0) is 23.5. The lowest BCUT2D eigenvalue weighted by molar-refractivity contribution is -0.122. The van der Waals surface area contributed by atoms with Gasteiger partial charge in [-0.25, -0.2) is 13.5 Å². The maximum Gasteiger partial charge on any atom is 0.266 e. The van der Waals surface area contributed by atoms with Crippen LogP contribution in [-0.2, 0) is 11.3 Å². The number of hydrogen-bond donors (Lipinski definition) is 2. The number of nitrogens with one attached hydrogen (secondary N) is 2. The van der Waals surface area contributed by atoms with Crippen molar-refractivity contribution >= 4 is 11.8 Å². The molecule has 9 heteroatoms. The molecule has 1 aromatic heterocycles. The van der Waals surface area contributed by atoms with Crippen LogP contribution < -0.4 is 16.2 Å². The number of carbonyl (C=O) groups excluding carboxylic acids is 2. The van der Waals surface area contributed by atoms with Gasteiger partial charge in [-0.15, -0.1) is 0 Å². The molecule has 170 valence electrons. The molecule has 4 rings (SSSR count). The summed E-state index contributed by atoms with van der Waals surface area (Å²) in [5, 5.41) is 9.96. The first kappa shape index (κ1) is 22.3. The second-order valence-corrected chi connectivity index (χ2v) is 7.86. The minimum absolute atomic E-state index is 0.0659. The summed E-state index contributed by atoms with van der Waals surface area (Å²) in [6.45, 7) is 1.97. The Kier molecular flexibility index (Phi) is 6.30. The third-order valence-electron chi connectivity index (χ3n) is 5.61. The fourth-order valence-electron chi connectivity index (χ4n) is 3.83. The van der Waals surface area contributed by atoms with Crippen LogP contribution in [0.3, 0.4) is 0 Å². The van der Waals surface area contributed by atoms with Crippen molar-refractivity contribution < 1.29 is 18.4 Å². The van der Waals surface area contributed by atoms with E-state index < -0.39 is 23.7 Å². The highest BCUT2D eigenvalue weighted by atomic mass is 19.2. The Labute approximate surface area is 188 Å². The Morgan fingerprint density at radius 1 is 1.12 bits per heavy atom. The molecule has 2 amide bonds. The molecule has 0 fully saturated rings. The first-order chi connectivity index (χ1) is 15.9. The molecule has 2 aromatic carbocycles. The van der Waals surface area contributed by atoms with Crippen LogP contribution in [0.4, 0.5) is 8.78 Å². The van der Waals surface area contributed by atoms with E-state index >= 15 is 0 Å². The number of fused-ring (bicyclic) bond motifs is 1. The predicted octanol–water partition coefficient (Wildman–Crippen LogP) is 2.96. The number of nitrogens with zero attached hydrogens (tertiary/aromatic N) is 2. The van der Waals surface area contributed by atoms with Gasteiger partial charge in [0.05, 0.1) is 24.7 Å². The second-order valence-electron chi connectivity index (χ2n) is 7.86. The van der Waals surface area contributed by atoms with Gasteiger partial charge in [0.1, 0.15) is 0 Å². The molecule has 0 bridgehead atoms. The molecule has 0 saturated heterocycles. The average molecular weight is 452 g/mol. The number of rotatable bonds is 7. The fourth-order valence-corrected chi connectivity index (χ4v) is 3.83. The molecule has 1 aliphatic rings. The number of carbonyl (C=O) groups is 2. The minimum Gasteiger partial charge on any atom is -0.351 e. The molecule has 2 atom stereocenters. The molecule has 33 heavy (non-hydrogen) atoms. The van der Waals surface area contributed by atoms with Crippen molar-refractivity contribution in [3.05, 3.63) is 87.7 Å². The molecule has 0 spiro atoms.